The second-order valence-corrected chi connectivity index (χ2v) is 4.67. The number of nitrogens with one attached hydrogen (secondary N) is 2. The zero-order chi connectivity index (χ0) is 14.5. The highest BCUT2D eigenvalue weighted by molar-refractivity contribution is 5.86. The predicted octanol–water partition coefficient (Wildman–Crippen LogP) is 3.67. The topological polar surface area (TPSA) is 45.6 Å². The smallest absolute Gasteiger partial charge is 0.113 e. The lowest BCUT2D eigenvalue weighted by molar-refractivity contribution is 0.775. The first kappa shape index (κ1) is 14.2. The van der Waals surface area contributed by atoms with Crippen molar-refractivity contribution in [2.75, 3.05) is 12.4 Å². The Morgan fingerprint density at radius 3 is 2.85 bits per heavy atom. The van der Waals surface area contributed by atoms with Crippen molar-refractivity contribution in [2.24, 2.45) is 0 Å². The zero-order valence-corrected chi connectivity index (χ0v) is 12.4. The Bertz CT molecular complexity index is 602. The molecule has 0 atom stereocenters. The molecule has 0 aromatic carbocycles. The molecule has 4 heteroatoms. The molecule has 0 bridgehead atoms. The van der Waals surface area contributed by atoms with Gasteiger partial charge >= 0.3 is 0 Å². The van der Waals surface area contributed by atoms with Gasteiger partial charge < -0.3 is 9.88 Å². The number of aromatic amines is 1. The molecule has 2 heterocycles. The average molecular weight is 270 g/mol. The maximum absolute atomic E-state index is 4.10. The first-order chi connectivity index (χ1) is 9.71. The Morgan fingerprint density at radius 2 is 2.30 bits per heavy atom. The van der Waals surface area contributed by atoms with E-state index in [0.29, 0.717) is 0 Å². The van der Waals surface area contributed by atoms with Crippen LogP contribution in [-0.2, 0) is 6.54 Å². The molecule has 2 N–H and O–H groups in total. The van der Waals surface area contributed by atoms with Crippen molar-refractivity contribution in [1.82, 2.24) is 14.8 Å². The molecule has 0 radical (unpaired) electrons. The Morgan fingerprint density at radius 1 is 1.50 bits per heavy atom. The quantitative estimate of drug-likeness (QED) is 0.787. The van der Waals surface area contributed by atoms with Crippen LogP contribution >= 0.6 is 0 Å². The molecule has 0 fully saturated rings. The van der Waals surface area contributed by atoms with Crippen LogP contribution in [-0.4, -0.2) is 21.8 Å². The van der Waals surface area contributed by atoms with Gasteiger partial charge in [-0.15, -0.1) is 0 Å². The molecule has 0 saturated heterocycles. The minimum absolute atomic E-state index is 0.934. The first-order valence-electron chi connectivity index (χ1n) is 6.97. The van der Waals surface area contributed by atoms with Crippen LogP contribution in [0.4, 0.5) is 5.82 Å². The zero-order valence-electron chi connectivity index (χ0n) is 12.4. The lowest BCUT2D eigenvalue weighted by atomic mass is 9.99. The summed E-state index contributed by atoms with van der Waals surface area (Å²) in [6, 6.07) is 2.14. The van der Waals surface area contributed by atoms with Gasteiger partial charge in [0, 0.05) is 37.1 Å². The number of hydrogen-bond donors (Lipinski definition) is 2. The lowest BCUT2D eigenvalue weighted by Gasteiger charge is -2.11. The molecular weight excluding hydrogens is 248 g/mol. The van der Waals surface area contributed by atoms with Gasteiger partial charge in [0.15, 0.2) is 0 Å². The summed E-state index contributed by atoms with van der Waals surface area (Å²) in [7, 11) is 1.95. The van der Waals surface area contributed by atoms with Crippen LogP contribution in [0.25, 0.3) is 5.57 Å². The molecule has 20 heavy (non-hydrogen) atoms. The SMILES string of the molecule is C=C(/C=C(/c1cn[nH]c1)c1ccn(CC)c1NC)CC. The lowest BCUT2D eigenvalue weighted by Crippen LogP contribution is -2.02. The number of anilines is 1. The van der Waals surface area contributed by atoms with Gasteiger partial charge in [-0.25, -0.2) is 0 Å². The number of hydrogen-bond acceptors (Lipinski definition) is 2. The highest BCUT2D eigenvalue weighted by atomic mass is 15.1. The third-order valence-electron chi connectivity index (χ3n) is 3.44. The fourth-order valence-corrected chi connectivity index (χ4v) is 2.25. The highest BCUT2D eigenvalue weighted by Gasteiger charge is 2.14. The summed E-state index contributed by atoms with van der Waals surface area (Å²) >= 11 is 0. The van der Waals surface area contributed by atoms with Gasteiger partial charge in [0.25, 0.3) is 0 Å². The predicted molar refractivity (Wildman–Crippen MR) is 84.8 cm³/mol. The van der Waals surface area contributed by atoms with Gasteiger partial charge in [-0.2, -0.15) is 5.10 Å². The van der Waals surface area contributed by atoms with Crippen LogP contribution in [0.2, 0.25) is 0 Å². The molecule has 0 saturated carbocycles. The van der Waals surface area contributed by atoms with Gasteiger partial charge in [-0.1, -0.05) is 25.2 Å². The minimum Gasteiger partial charge on any atom is -0.374 e. The fraction of sp³-hybridized carbons (Fsp3) is 0.312. The molecule has 0 unspecified atom stereocenters. The molecule has 0 aliphatic heterocycles. The van der Waals surface area contributed by atoms with E-state index in [9.17, 15) is 0 Å². The van der Waals surface area contributed by atoms with Crippen molar-refractivity contribution < 1.29 is 0 Å². The first-order valence-corrected chi connectivity index (χ1v) is 6.97. The van der Waals surface area contributed by atoms with E-state index in [1.807, 2.05) is 19.4 Å². The van der Waals surface area contributed by atoms with Crippen LogP contribution in [0, 0.1) is 0 Å². The van der Waals surface area contributed by atoms with Crippen molar-refractivity contribution in [3.63, 3.8) is 0 Å². The highest BCUT2D eigenvalue weighted by Crippen LogP contribution is 2.31. The number of nitrogens with zero attached hydrogens (tertiary/aromatic N) is 2. The summed E-state index contributed by atoms with van der Waals surface area (Å²) < 4.78 is 2.19. The van der Waals surface area contributed by atoms with Crippen molar-refractivity contribution >= 4 is 11.4 Å². The third-order valence-corrected chi connectivity index (χ3v) is 3.44. The molecule has 106 valence electrons. The molecule has 2 aromatic rings. The van der Waals surface area contributed by atoms with Gasteiger partial charge in [-0.3, -0.25) is 5.10 Å². The summed E-state index contributed by atoms with van der Waals surface area (Å²) in [5.74, 6) is 1.11. The molecule has 0 aliphatic carbocycles. The van der Waals surface area contributed by atoms with Gasteiger partial charge in [-0.05, 0) is 25.0 Å². The van der Waals surface area contributed by atoms with E-state index in [1.165, 1.54) is 5.56 Å². The normalized spacial score (nSPS) is 11.7. The van der Waals surface area contributed by atoms with Crippen molar-refractivity contribution in [2.45, 2.75) is 26.8 Å². The monoisotopic (exact) mass is 270 g/mol. The van der Waals surface area contributed by atoms with E-state index in [0.717, 1.165) is 35.5 Å². The van der Waals surface area contributed by atoms with Crippen molar-refractivity contribution in [1.29, 1.82) is 0 Å². The Kier molecular flexibility index (Phi) is 4.45. The summed E-state index contributed by atoms with van der Waals surface area (Å²) in [6.45, 7) is 9.28. The van der Waals surface area contributed by atoms with E-state index < -0.39 is 0 Å². The number of aryl methyl sites for hydroxylation is 1. The van der Waals surface area contributed by atoms with Gasteiger partial charge in [0.05, 0.1) is 6.20 Å². The van der Waals surface area contributed by atoms with E-state index in [2.05, 4.69) is 58.8 Å². The largest absolute Gasteiger partial charge is 0.374 e. The number of rotatable bonds is 6. The molecule has 2 aromatic heterocycles. The maximum atomic E-state index is 4.10. The van der Waals surface area contributed by atoms with Crippen LogP contribution in [0.5, 0.6) is 0 Å². The van der Waals surface area contributed by atoms with Crippen LogP contribution in [0.15, 0.2) is 42.9 Å². The van der Waals surface area contributed by atoms with E-state index in [1.54, 1.807) is 0 Å². The summed E-state index contributed by atoms with van der Waals surface area (Å²) in [4.78, 5) is 0. The third kappa shape index (κ3) is 2.69. The van der Waals surface area contributed by atoms with Crippen molar-refractivity contribution in [3.05, 3.63) is 54.0 Å². The summed E-state index contributed by atoms with van der Waals surface area (Å²) in [5.41, 5.74) is 4.49. The fourth-order valence-electron chi connectivity index (χ4n) is 2.25. The Balaban J connectivity index is 2.55. The average Bonchev–Trinajstić information content (AvgIpc) is 3.12. The molecule has 0 spiro atoms. The van der Waals surface area contributed by atoms with E-state index in [-0.39, 0.29) is 0 Å². The van der Waals surface area contributed by atoms with Crippen LogP contribution in [0.1, 0.15) is 31.4 Å². The molecule has 4 nitrogen and oxygen atoms in total. The molecule has 2 rings (SSSR count). The van der Waals surface area contributed by atoms with Gasteiger partial charge in [0.2, 0.25) is 0 Å². The van der Waals surface area contributed by atoms with Gasteiger partial charge in [0.1, 0.15) is 5.82 Å². The van der Waals surface area contributed by atoms with Crippen LogP contribution in [0.3, 0.4) is 0 Å². The van der Waals surface area contributed by atoms with Crippen LogP contribution < -0.4 is 5.32 Å². The van der Waals surface area contributed by atoms with E-state index >= 15 is 0 Å². The molecule has 0 aliphatic rings. The number of H-pyrrole nitrogens is 1. The Hall–Kier alpha value is -2.23. The summed E-state index contributed by atoms with van der Waals surface area (Å²) in [5, 5.41) is 10.2. The van der Waals surface area contributed by atoms with E-state index in [4.69, 9.17) is 0 Å². The second-order valence-electron chi connectivity index (χ2n) is 4.67. The number of allylic oxidation sites excluding steroid dienone is 2. The maximum Gasteiger partial charge on any atom is 0.113 e. The molecular formula is C16H22N4. The second kappa shape index (κ2) is 6.28. The molecule has 0 amide bonds. The minimum atomic E-state index is 0.934. The standard InChI is InChI=1S/C16H22N4/c1-5-12(3)9-15(13-10-18-19-11-13)14-7-8-20(6-2)16(14)17-4/h7-11,17H,3,5-6H2,1-2,4H3,(H,18,19)/b15-9-. The summed E-state index contributed by atoms with van der Waals surface area (Å²) in [6.07, 6.45) is 8.94. The van der Waals surface area contributed by atoms with Crippen molar-refractivity contribution in [3.8, 4) is 0 Å². The Labute approximate surface area is 120 Å². The number of aromatic nitrogens is 3.